The summed E-state index contributed by atoms with van der Waals surface area (Å²) in [6.45, 7) is 3.67. The Morgan fingerprint density at radius 3 is 2.27 bits per heavy atom. The molecule has 15 heavy (non-hydrogen) atoms. The van der Waals surface area contributed by atoms with Crippen LogP contribution in [0.2, 0.25) is 0 Å². The molecule has 0 fully saturated rings. The van der Waals surface area contributed by atoms with E-state index in [4.69, 9.17) is 5.73 Å². The number of nitrogens with two attached hydrogens (primary N) is 1. The average Bonchev–Trinajstić information content (AvgIpc) is 2.10. The average molecular weight is 231 g/mol. The van der Waals surface area contributed by atoms with E-state index in [-0.39, 0.29) is 10.9 Å². The molecule has 4 heteroatoms. The molecule has 0 spiro atoms. The first-order chi connectivity index (χ1) is 7.04. The first-order valence-electron chi connectivity index (χ1n) is 4.91. The maximum absolute atomic E-state index is 13.4. The Morgan fingerprint density at radius 1 is 1.33 bits per heavy atom. The van der Waals surface area contributed by atoms with E-state index in [1.165, 1.54) is 23.9 Å². The van der Waals surface area contributed by atoms with Crippen LogP contribution in [0.25, 0.3) is 0 Å². The minimum absolute atomic E-state index is 0.0894. The first-order valence-corrected chi connectivity index (χ1v) is 5.89. The number of hydrogen-bond acceptors (Lipinski definition) is 2. The van der Waals surface area contributed by atoms with Crippen LogP contribution in [0.4, 0.5) is 8.78 Å². The molecule has 1 rings (SSSR count). The Hall–Kier alpha value is -0.610. The van der Waals surface area contributed by atoms with Gasteiger partial charge in [0.25, 0.3) is 0 Å². The first kappa shape index (κ1) is 12.5. The summed E-state index contributed by atoms with van der Waals surface area (Å²) in [4.78, 5) is 0.103. The van der Waals surface area contributed by atoms with Crippen molar-refractivity contribution in [3.63, 3.8) is 0 Å². The van der Waals surface area contributed by atoms with E-state index >= 15 is 0 Å². The SMILES string of the molecule is CCSc1c(F)cc(CC(C)N)cc1F. The highest BCUT2D eigenvalue weighted by Crippen LogP contribution is 2.26. The van der Waals surface area contributed by atoms with Gasteiger partial charge in [-0.15, -0.1) is 11.8 Å². The third-order valence-electron chi connectivity index (χ3n) is 1.90. The largest absolute Gasteiger partial charge is 0.328 e. The van der Waals surface area contributed by atoms with E-state index in [0.29, 0.717) is 17.7 Å². The van der Waals surface area contributed by atoms with Gasteiger partial charge >= 0.3 is 0 Å². The van der Waals surface area contributed by atoms with Gasteiger partial charge in [0.1, 0.15) is 11.6 Å². The molecule has 0 heterocycles. The minimum Gasteiger partial charge on any atom is -0.328 e. The Morgan fingerprint density at radius 2 is 1.87 bits per heavy atom. The van der Waals surface area contributed by atoms with Gasteiger partial charge in [-0.05, 0) is 36.8 Å². The van der Waals surface area contributed by atoms with Gasteiger partial charge in [0.15, 0.2) is 0 Å². The number of thioether (sulfide) groups is 1. The summed E-state index contributed by atoms with van der Waals surface area (Å²) in [5.74, 6) is -0.324. The summed E-state index contributed by atoms with van der Waals surface area (Å²) in [6, 6.07) is 2.64. The van der Waals surface area contributed by atoms with Crippen molar-refractivity contribution in [2.75, 3.05) is 5.75 Å². The number of benzene rings is 1. The van der Waals surface area contributed by atoms with E-state index < -0.39 is 11.6 Å². The van der Waals surface area contributed by atoms with Crippen LogP contribution in [0.3, 0.4) is 0 Å². The predicted molar refractivity (Wildman–Crippen MR) is 60.1 cm³/mol. The zero-order valence-electron chi connectivity index (χ0n) is 8.89. The van der Waals surface area contributed by atoms with E-state index in [1.807, 2.05) is 13.8 Å². The van der Waals surface area contributed by atoms with Crippen LogP contribution in [0.1, 0.15) is 19.4 Å². The summed E-state index contributed by atoms with van der Waals surface area (Å²) in [7, 11) is 0. The van der Waals surface area contributed by atoms with Crippen molar-refractivity contribution in [2.45, 2.75) is 31.2 Å². The molecule has 1 nitrogen and oxygen atoms in total. The topological polar surface area (TPSA) is 26.0 Å². The van der Waals surface area contributed by atoms with Gasteiger partial charge in [-0.3, -0.25) is 0 Å². The Kier molecular flexibility index (Phi) is 4.54. The molecule has 1 atom stereocenters. The lowest BCUT2D eigenvalue weighted by Gasteiger charge is -2.08. The number of halogens is 2. The molecule has 0 aromatic heterocycles. The number of rotatable bonds is 4. The van der Waals surface area contributed by atoms with Crippen molar-refractivity contribution in [2.24, 2.45) is 5.73 Å². The third kappa shape index (κ3) is 3.47. The fourth-order valence-corrected chi connectivity index (χ4v) is 2.07. The zero-order valence-corrected chi connectivity index (χ0v) is 9.70. The fourth-order valence-electron chi connectivity index (χ4n) is 1.38. The van der Waals surface area contributed by atoms with Crippen molar-refractivity contribution in [3.05, 3.63) is 29.3 Å². The molecule has 1 aromatic carbocycles. The lowest BCUT2D eigenvalue weighted by Crippen LogP contribution is -2.18. The molecular formula is C11H15F2NS. The van der Waals surface area contributed by atoms with Crippen molar-refractivity contribution in [1.29, 1.82) is 0 Å². The summed E-state index contributed by atoms with van der Waals surface area (Å²) in [5, 5.41) is 0. The molecule has 0 amide bonds. The van der Waals surface area contributed by atoms with Gasteiger partial charge in [-0.1, -0.05) is 6.92 Å². The maximum Gasteiger partial charge on any atom is 0.140 e. The molecule has 84 valence electrons. The summed E-state index contributed by atoms with van der Waals surface area (Å²) in [6.07, 6.45) is 0.491. The Labute approximate surface area is 93.1 Å². The highest BCUT2D eigenvalue weighted by molar-refractivity contribution is 7.99. The van der Waals surface area contributed by atoms with Crippen LogP contribution in [0.15, 0.2) is 17.0 Å². The lowest BCUT2D eigenvalue weighted by atomic mass is 10.1. The van der Waals surface area contributed by atoms with Crippen molar-refractivity contribution < 1.29 is 8.78 Å². The highest BCUT2D eigenvalue weighted by Gasteiger charge is 2.11. The summed E-state index contributed by atoms with van der Waals surface area (Å²) < 4.78 is 26.9. The molecule has 0 saturated carbocycles. The van der Waals surface area contributed by atoms with Crippen LogP contribution in [-0.4, -0.2) is 11.8 Å². The molecule has 0 aliphatic rings. The van der Waals surface area contributed by atoms with Gasteiger partial charge in [0, 0.05) is 6.04 Å². The fraction of sp³-hybridized carbons (Fsp3) is 0.455. The minimum atomic E-state index is -0.488. The standard InChI is InChI=1S/C11H15F2NS/c1-3-15-11-9(12)5-8(4-7(2)14)6-10(11)13/h5-7H,3-4,14H2,1-2H3. The summed E-state index contributed by atoms with van der Waals surface area (Å²) >= 11 is 1.17. The van der Waals surface area contributed by atoms with Crippen LogP contribution >= 0.6 is 11.8 Å². The molecule has 1 unspecified atom stereocenters. The second-order valence-electron chi connectivity index (χ2n) is 3.50. The Bertz CT molecular complexity index is 316. The molecule has 0 aliphatic heterocycles. The molecule has 1 aromatic rings. The van der Waals surface area contributed by atoms with E-state index in [9.17, 15) is 8.78 Å². The third-order valence-corrected chi connectivity index (χ3v) is 2.87. The van der Waals surface area contributed by atoms with Gasteiger partial charge in [0.2, 0.25) is 0 Å². The van der Waals surface area contributed by atoms with E-state index in [1.54, 1.807) is 0 Å². The summed E-state index contributed by atoms with van der Waals surface area (Å²) in [5.41, 5.74) is 6.18. The van der Waals surface area contributed by atoms with Crippen LogP contribution in [0.5, 0.6) is 0 Å². The van der Waals surface area contributed by atoms with Crippen LogP contribution in [-0.2, 0) is 6.42 Å². The van der Waals surface area contributed by atoms with E-state index in [0.717, 1.165) is 0 Å². The monoisotopic (exact) mass is 231 g/mol. The highest BCUT2D eigenvalue weighted by atomic mass is 32.2. The van der Waals surface area contributed by atoms with Crippen molar-refractivity contribution >= 4 is 11.8 Å². The number of hydrogen-bond donors (Lipinski definition) is 1. The van der Waals surface area contributed by atoms with Crippen molar-refractivity contribution in [1.82, 2.24) is 0 Å². The van der Waals surface area contributed by atoms with E-state index in [2.05, 4.69) is 0 Å². The smallest absolute Gasteiger partial charge is 0.140 e. The van der Waals surface area contributed by atoms with Gasteiger partial charge in [-0.2, -0.15) is 0 Å². The molecular weight excluding hydrogens is 216 g/mol. The normalized spacial score (nSPS) is 12.9. The molecule has 0 bridgehead atoms. The van der Waals surface area contributed by atoms with Crippen molar-refractivity contribution in [3.8, 4) is 0 Å². The molecule has 0 aliphatic carbocycles. The van der Waals surface area contributed by atoms with Gasteiger partial charge < -0.3 is 5.73 Å². The predicted octanol–water partition coefficient (Wildman–Crippen LogP) is 2.97. The second kappa shape index (κ2) is 5.47. The van der Waals surface area contributed by atoms with Crippen LogP contribution in [0, 0.1) is 11.6 Å². The zero-order chi connectivity index (χ0) is 11.4. The lowest BCUT2D eigenvalue weighted by molar-refractivity contribution is 0.535. The molecule has 0 saturated heterocycles. The van der Waals surface area contributed by atoms with Crippen LogP contribution < -0.4 is 5.73 Å². The second-order valence-corrected chi connectivity index (χ2v) is 4.78. The molecule has 2 N–H and O–H groups in total. The quantitative estimate of drug-likeness (QED) is 0.806. The maximum atomic E-state index is 13.4. The van der Waals surface area contributed by atoms with Gasteiger partial charge in [-0.25, -0.2) is 8.78 Å². The Balaban J connectivity index is 2.97. The van der Waals surface area contributed by atoms with Gasteiger partial charge in [0.05, 0.1) is 4.90 Å². The molecule has 0 radical (unpaired) electrons.